The molecule has 1 aliphatic rings. The molecule has 0 fully saturated rings. The van der Waals surface area contributed by atoms with Gasteiger partial charge < -0.3 is 15.0 Å². The molecule has 0 saturated heterocycles. The number of alkyl halides is 3. The fraction of sp³-hybridized carbons (Fsp3) is 0.200. The minimum Gasteiger partial charge on any atom is -0.497 e. The standard InChI is InChI=1S/C25H21F3N4O4/c1-36-19-8-6-17-12-32(23(34)20(17)10-19)13-22(31-24(35)30-14-33)16-4-2-15(3-5-16)21-9-7-18(11-29-21)25(26,27)28/h2-11,14,22H,12-13H2,1H3,(H2,30,31,33,35)/t22-/m0/s1. The molecular formula is C25H21F3N4O4. The maximum atomic E-state index is 13.0. The van der Waals surface area contributed by atoms with E-state index in [-0.39, 0.29) is 18.9 Å². The number of urea groups is 1. The first-order valence-electron chi connectivity index (χ1n) is 10.8. The van der Waals surface area contributed by atoms with E-state index in [1.54, 1.807) is 47.4 Å². The minimum atomic E-state index is -4.48. The number of carbonyl (C=O) groups is 3. The summed E-state index contributed by atoms with van der Waals surface area (Å²) in [7, 11) is 1.51. The fourth-order valence-corrected chi connectivity index (χ4v) is 3.94. The van der Waals surface area contributed by atoms with E-state index in [4.69, 9.17) is 4.74 Å². The predicted molar refractivity (Wildman–Crippen MR) is 123 cm³/mol. The predicted octanol–water partition coefficient (Wildman–Crippen LogP) is 3.93. The summed E-state index contributed by atoms with van der Waals surface area (Å²) < 4.78 is 43.6. The lowest BCUT2D eigenvalue weighted by atomic mass is 10.0. The van der Waals surface area contributed by atoms with Crippen LogP contribution < -0.4 is 15.4 Å². The van der Waals surface area contributed by atoms with Gasteiger partial charge in [-0.05, 0) is 35.4 Å². The van der Waals surface area contributed by atoms with E-state index in [2.05, 4.69) is 10.3 Å². The van der Waals surface area contributed by atoms with Gasteiger partial charge in [0.15, 0.2) is 0 Å². The zero-order chi connectivity index (χ0) is 25.9. The van der Waals surface area contributed by atoms with Gasteiger partial charge in [0.1, 0.15) is 5.75 Å². The number of imide groups is 1. The van der Waals surface area contributed by atoms with Gasteiger partial charge in [-0.3, -0.25) is 19.9 Å². The molecule has 0 aliphatic carbocycles. The number of nitrogens with one attached hydrogen (secondary N) is 2. The first kappa shape index (κ1) is 24.7. The number of aromatic nitrogens is 1. The third kappa shape index (κ3) is 5.29. The number of hydrogen-bond donors (Lipinski definition) is 2. The molecule has 186 valence electrons. The van der Waals surface area contributed by atoms with Gasteiger partial charge in [-0.15, -0.1) is 0 Å². The van der Waals surface area contributed by atoms with E-state index in [0.29, 0.717) is 34.7 Å². The SMILES string of the molecule is COc1ccc2c(c1)C(=O)N(C[C@H](NC(=O)NC=O)c1ccc(-c3ccc(C(F)(F)F)cn3)cc1)C2. The molecule has 0 unspecified atom stereocenters. The number of halogens is 3. The number of benzene rings is 2. The van der Waals surface area contributed by atoms with Crippen LogP contribution in [0.3, 0.4) is 0 Å². The van der Waals surface area contributed by atoms with E-state index in [9.17, 15) is 27.6 Å². The number of ether oxygens (including phenoxy) is 1. The molecule has 2 heterocycles. The number of fused-ring (bicyclic) bond motifs is 1. The largest absolute Gasteiger partial charge is 0.497 e. The summed E-state index contributed by atoms with van der Waals surface area (Å²) in [6, 6.07) is 12.7. The Bertz CT molecular complexity index is 1280. The number of hydrogen-bond acceptors (Lipinski definition) is 5. The Hall–Kier alpha value is -4.41. The Morgan fingerprint density at radius 3 is 2.53 bits per heavy atom. The summed E-state index contributed by atoms with van der Waals surface area (Å²) >= 11 is 0. The number of rotatable bonds is 7. The van der Waals surface area contributed by atoms with E-state index < -0.39 is 23.8 Å². The normalized spacial score (nSPS) is 13.7. The van der Waals surface area contributed by atoms with Crippen LogP contribution in [-0.2, 0) is 17.5 Å². The molecule has 1 atom stereocenters. The second-order valence-electron chi connectivity index (χ2n) is 8.05. The van der Waals surface area contributed by atoms with E-state index in [1.807, 2.05) is 5.32 Å². The first-order valence-corrected chi connectivity index (χ1v) is 10.8. The second kappa shape index (κ2) is 10.1. The van der Waals surface area contributed by atoms with Crippen molar-refractivity contribution in [2.45, 2.75) is 18.8 Å². The van der Waals surface area contributed by atoms with Crippen LogP contribution in [0, 0.1) is 0 Å². The molecule has 0 bridgehead atoms. The van der Waals surface area contributed by atoms with Gasteiger partial charge in [-0.2, -0.15) is 13.2 Å². The third-order valence-electron chi connectivity index (χ3n) is 5.79. The van der Waals surface area contributed by atoms with Crippen LogP contribution in [0.4, 0.5) is 18.0 Å². The first-order chi connectivity index (χ1) is 17.2. The van der Waals surface area contributed by atoms with Crippen LogP contribution in [0.1, 0.15) is 33.1 Å². The maximum Gasteiger partial charge on any atom is 0.417 e. The summed E-state index contributed by atoms with van der Waals surface area (Å²) in [6.45, 7) is 0.444. The minimum absolute atomic E-state index is 0.111. The molecule has 8 nitrogen and oxygen atoms in total. The topological polar surface area (TPSA) is 101 Å². The Labute approximate surface area is 204 Å². The molecule has 3 aromatic rings. The van der Waals surface area contributed by atoms with Crippen molar-refractivity contribution < 1.29 is 32.3 Å². The van der Waals surface area contributed by atoms with Crippen LogP contribution in [0.2, 0.25) is 0 Å². The lowest BCUT2D eigenvalue weighted by Gasteiger charge is -2.25. The zero-order valence-corrected chi connectivity index (χ0v) is 19.0. The van der Waals surface area contributed by atoms with Crippen molar-refractivity contribution >= 4 is 18.3 Å². The van der Waals surface area contributed by atoms with Gasteiger partial charge in [-0.1, -0.05) is 30.3 Å². The Morgan fingerprint density at radius 1 is 1.17 bits per heavy atom. The fourth-order valence-electron chi connectivity index (χ4n) is 3.94. The number of nitrogens with zero attached hydrogens (tertiary/aromatic N) is 2. The molecule has 2 aromatic carbocycles. The third-order valence-corrected chi connectivity index (χ3v) is 5.79. The highest BCUT2D eigenvalue weighted by Crippen LogP contribution is 2.31. The summed E-state index contributed by atoms with van der Waals surface area (Å²) in [5.74, 6) is 0.327. The smallest absolute Gasteiger partial charge is 0.417 e. The molecule has 4 rings (SSSR count). The van der Waals surface area contributed by atoms with Crippen LogP contribution in [0.25, 0.3) is 11.3 Å². The van der Waals surface area contributed by atoms with Crippen molar-refractivity contribution in [2.24, 2.45) is 0 Å². The molecule has 1 aliphatic heterocycles. The number of pyridine rings is 1. The Morgan fingerprint density at radius 2 is 1.92 bits per heavy atom. The summed E-state index contributed by atoms with van der Waals surface area (Å²) in [6.07, 6.45) is -3.47. The molecule has 11 heteroatoms. The van der Waals surface area contributed by atoms with Gasteiger partial charge in [0.05, 0.1) is 24.4 Å². The van der Waals surface area contributed by atoms with E-state index in [0.717, 1.165) is 17.8 Å². The Kier molecular flexibility index (Phi) is 6.91. The lowest BCUT2D eigenvalue weighted by molar-refractivity contribution is -0.137. The van der Waals surface area contributed by atoms with Gasteiger partial charge >= 0.3 is 12.2 Å². The Balaban J connectivity index is 1.55. The van der Waals surface area contributed by atoms with Crippen LogP contribution >= 0.6 is 0 Å². The molecule has 0 spiro atoms. The van der Waals surface area contributed by atoms with Crippen molar-refractivity contribution in [3.63, 3.8) is 0 Å². The summed E-state index contributed by atoms with van der Waals surface area (Å²) in [4.78, 5) is 41.3. The highest BCUT2D eigenvalue weighted by molar-refractivity contribution is 5.98. The number of amides is 4. The molecule has 4 amide bonds. The number of methoxy groups -OCH3 is 1. The highest BCUT2D eigenvalue weighted by atomic mass is 19.4. The van der Waals surface area contributed by atoms with Crippen molar-refractivity contribution in [3.05, 3.63) is 83.0 Å². The average Bonchev–Trinajstić information content (AvgIpc) is 3.17. The van der Waals surface area contributed by atoms with Gasteiger partial charge in [0, 0.05) is 30.4 Å². The van der Waals surface area contributed by atoms with Gasteiger partial charge in [-0.25, -0.2) is 4.79 Å². The second-order valence-corrected chi connectivity index (χ2v) is 8.05. The molecule has 36 heavy (non-hydrogen) atoms. The molecule has 1 aromatic heterocycles. The highest BCUT2D eigenvalue weighted by Gasteiger charge is 2.32. The van der Waals surface area contributed by atoms with E-state index in [1.165, 1.54) is 13.2 Å². The van der Waals surface area contributed by atoms with Crippen LogP contribution in [0.5, 0.6) is 5.75 Å². The average molecular weight is 498 g/mol. The van der Waals surface area contributed by atoms with Crippen molar-refractivity contribution in [1.82, 2.24) is 20.5 Å². The molecule has 2 N–H and O–H groups in total. The summed E-state index contributed by atoms with van der Waals surface area (Å²) in [5, 5.41) is 4.69. The van der Waals surface area contributed by atoms with Crippen molar-refractivity contribution in [3.8, 4) is 17.0 Å². The quantitative estimate of drug-likeness (QED) is 0.481. The zero-order valence-electron chi connectivity index (χ0n) is 19.0. The van der Waals surface area contributed by atoms with Crippen LogP contribution in [0.15, 0.2) is 60.8 Å². The van der Waals surface area contributed by atoms with E-state index >= 15 is 0 Å². The monoisotopic (exact) mass is 498 g/mol. The molecule has 0 radical (unpaired) electrons. The lowest BCUT2D eigenvalue weighted by Crippen LogP contribution is -2.42. The maximum absolute atomic E-state index is 13.0. The van der Waals surface area contributed by atoms with Crippen molar-refractivity contribution in [1.29, 1.82) is 0 Å². The van der Waals surface area contributed by atoms with Gasteiger partial charge in [0.25, 0.3) is 5.91 Å². The van der Waals surface area contributed by atoms with Crippen LogP contribution in [-0.4, -0.2) is 41.9 Å². The summed E-state index contributed by atoms with van der Waals surface area (Å²) in [5.41, 5.74) is 2.02. The molecular weight excluding hydrogens is 477 g/mol. The van der Waals surface area contributed by atoms with Crippen molar-refractivity contribution in [2.75, 3.05) is 13.7 Å². The number of carbonyl (C=O) groups excluding carboxylic acids is 3. The molecule has 0 saturated carbocycles. The van der Waals surface area contributed by atoms with Gasteiger partial charge in [0.2, 0.25) is 6.41 Å².